The summed E-state index contributed by atoms with van der Waals surface area (Å²) in [5.74, 6) is 0.316. The van der Waals surface area contributed by atoms with Crippen molar-refractivity contribution in [2.24, 2.45) is 0 Å². The van der Waals surface area contributed by atoms with Gasteiger partial charge in [-0.2, -0.15) is 0 Å². The number of carbonyl (C=O) groups is 1. The van der Waals surface area contributed by atoms with Crippen LogP contribution in [-0.4, -0.2) is 41.3 Å². The normalized spacial score (nSPS) is 11.0. The van der Waals surface area contributed by atoms with Gasteiger partial charge in [0, 0.05) is 19.0 Å². The van der Waals surface area contributed by atoms with E-state index in [9.17, 15) is 17.6 Å². The average Bonchev–Trinajstić information content (AvgIpc) is 2.65. The second-order valence-electron chi connectivity index (χ2n) is 6.03. The molecule has 0 bridgehead atoms. The molecule has 0 radical (unpaired) electrons. The van der Waals surface area contributed by atoms with Crippen LogP contribution in [0.15, 0.2) is 42.5 Å². The number of rotatable bonds is 9. The van der Waals surface area contributed by atoms with Gasteiger partial charge in [0.05, 0.1) is 31.9 Å². The van der Waals surface area contributed by atoms with E-state index in [1.165, 1.54) is 38.5 Å². The van der Waals surface area contributed by atoms with Crippen molar-refractivity contribution in [3.63, 3.8) is 0 Å². The number of benzene rings is 2. The highest BCUT2D eigenvalue weighted by atomic mass is 32.2. The van der Waals surface area contributed by atoms with E-state index in [0.29, 0.717) is 22.9 Å². The number of methoxy groups -OCH3 is 2. The highest BCUT2D eigenvalue weighted by Gasteiger charge is 2.18. The van der Waals surface area contributed by atoms with Crippen molar-refractivity contribution < 1.29 is 27.1 Å². The predicted octanol–water partition coefficient (Wildman–Crippen LogP) is 3.03. The first-order valence-corrected chi connectivity index (χ1v) is 10.3. The second-order valence-corrected chi connectivity index (χ2v) is 7.94. The van der Waals surface area contributed by atoms with Crippen LogP contribution in [-0.2, 0) is 14.8 Å². The summed E-state index contributed by atoms with van der Waals surface area (Å²) in [6, 6.07) is 10.2. The molecule has 0 aliphatic carbocycles. The molecular weight excluding hydrogens is 387 g/mol. The van der Waals surface area contributed by atoms with Gasteiger partial charge in [0.25, 0.3) is 0 Å². The number of hydrogen-bond acceptors (Lipinski definition) is 5. The monoisotopic (exact) mass is 410 g/mol. The highest BCUT2D eigenvalue weighted by Crippen LogP contribution is 2.29. The number of anilines is 2. The zero-order chi connectivity index (χ0) is 20.7. The van der Waals surface area contributed by atoms with Gasteiger partial charge in [-0.3, -0.25) is 9.10 Å². The van der Waals surface area contributed by atoms with E-state index in [0.717, 1.165) is 10.6 Å². The maximum atomic E-state index is 13.1. The van der Waals surface area contributed by atoms with Crippen LogP contribution in [0.2, 0.25) is 0 Å². The molecule has 0 aromatic heterocycles. The van der Waals surface area contributed by atoms with Crippen LogP contribution in [0.5, 0.6) is 11.5 Å². The summed E-state index contributed by atoms with van der Waals surface area (Å²) in [7, 11) is -0.548. The van der Waals surface area contributed by atoms with Crippen LogP contribution in [0.25, 0.3) is 0 Å². The van der Waals surface area contributed by atoms with Gasteiger partial charge in [-0.05, 0) is 42.8 Å². The topological polar surface area (TPSA) is 84.9 Å². The maximum Gasteiger partial charge on any atom is 0.232 e. The first-order chi connectivity index (χ1) is 13.2. The van der Waals surface area contributed by atoms with Gasteiger partial charge in [0.1, 0.15) is 17.3 Å². The molecule has 1 N–H and O–H groups in total. The fourth-order valence-corrected chi connectivity index (χ4v) is 3.56. The van der Waals surface area contributed by atoms with Gasteiger partial charge >= 0.3 is 0 Å². The molecule has 2 aromatic rings. The molecule has 0 spiro atoms. The Balaban J connectivity index is 1.99. The Morgan fingerprint density at radius 2 is 1.79 bits per heavy atom. The molecule has 0 saturated carbocycles. The molecule has 9 heteroatoms. The minimum Gasteiger partial charge on any atom is -0.497 e. The van der Waals surface area contributed by atoms with E-state index in [-0.39, 0.29) is 25.3 Å². The Morgan fingerprint density at radius 1 is 1.11 bits per heavy atom. The van der Waals surface area contributed by atoms with Gasteiger partial charge < -0.3 is 14.8 Å². The minimum atomic E-state index is -3.56. The number of amides is 1. The Labute approximate surface area is 164 Å². The zero-order valence-corrected chi connectivity index (χ0v) is 16.8. The summed E-state index contributed by atoms with van der Waals surface area (Å²) < 4.78 is 48.6. The van der Waals surface area contributed by atoms with Crippen LogP contribution in [0.1, 0.15) is 12.8 Å². The smallest absolute Gasteiger partial charge is 0.232 e. The van der Waals surface area contributed by atoms with Crippen molar-refractivity contribution >= 4 is 27.3 Å². The number of halogens is 1. The van der Waals surface area contributed by atoms with Crippen molar-refractivity contribution in [3.8, 4) is 11.5 Å². The first-order valence-electron chi connectivity index (χ1n) is 8.49. The van der Waals surface area contributed by atoms with Crippen molar-refractivity contribution in [1.29, 1.82) is 0 Å². The molecule has 2 aromatic carbocycles. The van der Waals surface area contributed by atoms with E-state index in [1.807, 2.05) is 0 Å². The standard InChI is InChI=1S/C19H23FN2O5S/c1-26-16-10-11-17(18(13-16)27-2)21-19(23)5-4-12-22(28(3,24)25)15-8-6-14(20)7-9-15/h6-11,13H,4-5,12H2,1-3H3,(H,21,23). The lowest BCUT2D eigenvalue weighted by atomic mass is 10.2. The van der Waals surface area contributed by atoms with Crippen molar-refractivity contribution in [2.45, 2.75) is 12.8 Å². The largest absolute Gasteiger partial charge is 0.497 e. The number of hydrogen-bond donors (Lipinski definition) is 1. The Morgan fingerprint density at radius 3 is 2.36 bits per heavy atom. The number of sulfonamides is 1. The molecule has 0 fully saturated rings. The molecule has 0 heterocycles. The molecule has 0 unspecified atom stereocenters. The molecule has 0 saturated heterocycles. The van der Waals surface area contributed by atoms with E-state index >= 15 is 0 Å². The van der Waals surface area contributed by atoms with Crippen molar-refractivity contribution in [2.75, 3.05) is 36.6 Å². The van der Waals surface area contributed by atoms with E-state index in [4.69, 9.17) is 9.47 Å². The van der Waals surface area contributed by atoms with Crippen LogP contribution in [0, 0.1) is 5.82 Å². The first kappa shape index (κ1) is 21.5. The lowest BCUT2D eigenvalue weighted by Crippen LogP contribution is -2.31. The SMILES string of the molecule is COc1ccc(NC(=O)CCCN(c2ccc(F)cc2)S(C)(=O)=O)c(OC)c1. The third-order valence-electron chi connectivity index (χ3n) is 3.96. The molecule has 2 rings (SSSR count). The average molecular weight is 410 g/mol. The number of ether oxygens (including phenoxy) is 2. The summed E-state index contributed by atoms with van der Waals surface area (Å²) in [5.41, 5.74) is 0.841. The lowest BCUT2D eigenvalue weighted by molar-refractivity contribution is -0.116. The molecule has 0 aliphatic heterocycles. The summed E-state index contributed by atoms with van der Waals surface area (Å²) in [5, 5.41) is 2.74. The molecule has 1 amide bonds. The second kappa shape index (κ2) is 9.41. The Bertz CT molecular complexity index is 916. The van der Waals surface area contributed by atoms with Crippen LogP contribution >= 0.6 is 0 Å². The van der Waals surface area contributed by atoms with E-state index in [1.54, 1.807) is 18.2 Å². The highest BCUT2D eigenvalue weighted by molar-refractivity contribution is 7.92. The Hall–Kier alpha value is -2.81. The van der Waals surface area contributed by atoms with E-state index in [2.05, 4.69) is 5.32 Å². The zero-order valence-electron chi connectivity index (χ0n) is 15.9. The lowest BCUT2D eigenvalue weighted by Gasteiger charge is -2.22. The molecule has 0 atom stereocenters. The minimum absolute atomic E-state index is 0.0949. The third-order valence-corrected chi connectivity index (χ3v) is 5.16. The van der Waals surface area contributed by atoms with Gasteiger partial charge in [0.2, 0.25) is 15.9 Å². The molecule has 152 valence electrons. The summed E-state index contributed by atoms with van der Waals surface area (Å²) in [6.45, 7) is 0.0949. The van der Waals surface area contributed by atoms with Gasteiger partial charge in [-0.1, -0.05) is 0 Å². The predicted molar refractivity (Wildman–Crippen MR) is 106 cm³/mol. The van der Waals surface area contributed by atoms with Crippen LogP contribution in [0.3, 0.4) is 0 Å². The summed E-state index contributed by atoms with van der Waals surface area (Å²) in [6.07, 6.45) is 1.45. The van der Waals surface area contributed by atoms with E-state index < -0.39 is 15.8 Å². The van der Waals surface area contributed by atoms with Crippen molar-refractivity contribution in [1.82, 2.24) is 0 Å². The summed E-state index contributed by atoms with van der Waals surface area (Å²) >= 11 is 0. The fraction of sp³-hybridized carbons (Fsp3) is 0.316. The number of nitrogens with one attached hydrogen (secondary N) is 1. The van der Waals surface area contributed by atoms with Crippen LogP contribution in [0.4, 0.5) is 15.8 Å². The van der Waals surface area contributed by atoms with Gasteiger partial charge in [-0.15, -0.1) is 0 Å². The Kier molecular flexibility index (Phi) is 7.22. The van der Waals surface area contributed by atoms with Crippen molar-refractivity contribution in [3.05, 3.63) is 48.3 Å². The van der Waals surface area contributed by atoms with Gasteiger partial charge in [-0.25, -0.2) is 12.8 Å². The third kappa shape index (κ3) is 5.85. The number of nitrogens with zero attached hydrogens (tertiary/aromatic N) is 1. The maximum absolute atomic E-state index is 13.1. The molecule has 7 nitrogen and oxygen atoms in total. The quantitative estimate of drug-likeness (QED) is 0.687. The molecular formula is C19H23FN2O5S. The number of carbonyl (C=O) groups excluding carboxylic acids is 1. The molecule has 0 aliphatic rings. The molecule has 28 heavy (non-hydrogen) atoms. The van der Waals surface area contributed by atoms with Crippen LogP contribution < -0.4 is 19.1 Å². The van der Waals surface area contributed by atoms with Gasteiger partial charge in [0.15, 0.2) is 0 Å². The fourth-order valence-electron chi connectivity index (χ4n) is 2.59. The summed E-state index contributed by atoms with van der Waals surface area (Å²) in [4.78, 5) is 12.2.